The summed E-state index contributed by atoms with van der Waals surface area (Å²) in [6, 6.07) is 0. The van der Waals surface area contributed by atoms with Crippen molar-refractivity contribution in [2.75, 3.05) is 0 Å². The number of fused-ring (bicyclic) bond motifs is 1. The van der Waals surface area contributed by atoms with Crippen LogP contribution in [0.15, 0.2) is 0 Å². The third kappa shape index (κ3) is 1.14. The first-order valence-corrected chi connectivity index (χ1v) is 6.80. The Balaban J connectivity index is 2.18. The molecule has 2 bridgehead atoms. The van der Waals surface area contributed by atoms with Crippen molar-refractivity contribution in [3.05, 3.63) is 0 Å². The van der Waals surface area contributed by atoms with Gasteiger partial charge < -0.3 is 10.4 Å². The Labute approximate surface area is 103 Å². The summed E-state index contributed by atoms with van der Waals surface area (Å²) in [5.41, 5.74) is -1.22. The smallest absolute Gasteiger partial charge is 0.229 e. The van der Waals surface area contributed by atoms with Gasteiger partial charge in [-0.05, 0) is 36.5 Å². The minimum atomic E-state index is -0.925. The Morgan fingerprint density at radius 2 is 1.82 bits per heavy atom. The normalized spacial score (nSPS) is 51.9. The number of amides is 1. The molecule has 2 N–H and O–H groups in total. The monoisotopic (exact) mass is 237 g/mol. The molecule has 3 rings (SSSR count). The van der Waals surface area contributed by atoms with Crippen molar-refractivity contribution >= 4 is 5.91 Å². The fourth-order valence-corrected chi connectivity index (χ4v) is 5.05. The largest absolute Gasteiger partial charge is 0.371 e. The first kappa shape index (κ1) is 11.5. The van der Waals surface area contributed by atoms with E-state index in [0.717, 1.165) is 19.3 Å². The zero-order valence-electron chi connectivity index (χ0n) is 11.1. The molecule has 2 aliphatic carbocycles. The number of carbonyl (C=O) groups excluding carboxylic acids is 1. The van der Waals surface area contributed by atoms with E-state index in [-0.39, 0.29) is 22.2 Å². The van der Waals surface area contributed by atoms with Gasteiger partial charge in [0.2, 0.25) is 5.91 Å². The van der Waals surface area contributed by atoms with Crippen LogP contribution in [0.3, 0.4) is 0 Å². The molecule has 1 aliphatic heterocycles. The zero-order valence-corrected chi connectivity index (χ0v) is 11.1. The van der Waals surface area contributed by atoms with Crippen LogP contribution in [0.1, 0.15) is 59.3 Å². The molecule has 1 heterocycles. The third-order valence-electron chi connectivity index (χ3n) is 6.10. The van der Waals surface area contributed by atoms with Gasteiger partial charge in [0.05, 0.1) is 5.41 Å². The van der Waals surface area contributed by atoms with Crippen LogP contribution in [-0.2, 0) is 4.79 Å². The fourth-order valence-electron chi connectivity index (χ4n) is 5.05. The van der Waals surface area contributed by atoms with E-state index in [0.29, 0.717) is 12.8 Å². The van der Waals surface area contributed by atoms with Crippen LogP contribution in [0.5, 0.6) is 0 Å². The molecule has 3 heteroatoms. The van der Waals surface area contributed by atoms with Crippen molar-refractivity contribution in [3.8, 4) is 0 Å². The van der Waals surface area contributed by atoms with Crippen LogP contribution in [0, 0.1) is 16.2 Å². The first-order valence-electron chi connectivity index (χ1n) is 6.80. The number of nitrogens with one attached hydrogen (secondary N) is 1. The van der Waals surface area contributed by atoms with Crippen molar-refractivity contribution < 1.29 is 9.90 Å². The molecule has 1 spiro atoms. The van der Waals surface area contributed by atoms with Gasteiger partial charge in [0.1, 0.15) is 5.72 Å². The second-order valence-corrected chi connectivity index (χ2v) is 7.37. The molecule has 3 aliphatic rings. The topological polar surface area (TPSA) is 49.3 Å². The quantitative estimate of drug-likeness (QED) is 0.678. The standard InChI is InChI=1S/C14H23NO2/c1-11(2)5-4-6-12(3)7-8-13(17)9-14(11,12)10(16)15-13/h17H,4-9H2,1-3H3,(H,15,16)/t12-,13-,14-/m1/s1. The Morgan fingerprint density at radius 1 is 1.12 bits per heavy atom. The zero-order chi connectivity index (χ0) is 12.5. The highest BCUT2D eigenvalue weighted by molar-refractivity contribution is 5.88. The number of aliphatic hydroxyl groups is 1. The van der Waals surface area contributed by atoms with Crippen LogP contribution in [0.2, 0.25) is 0 Å². The predicted molar refractivity (Wildman–Crippen MR) is 65.1 cm³/mol. The Kier molecular flexibility index (Phi) is 1.95. The maximum Gasteiger partial charge on any atom is 0.229 e. The van der Waals surface area contributed by atoms with Gasteiger partial charge in [-0.1, -0.05) is 27.2 Å². The van der Waals surface area contributed by atoms with E-state index >= 15 is 0 Å². The minimum absolute atomic E-state index is 0.00498. The second-order valence-electron chi connectivity index (χ2n) is 7.37. The molecule has 0 aromatic heterocycles. The summed E-state index contributed by atoms with van der Waals surface area (Å²) >= 11 is 0. The van der Waals surface area contributed by atoms with E-state index in [1.54, 1.807) is 0 Å². The van der Waals surface area contributed by atoms with E-state index < -0.39 is 5.72 Å². The fraction of sp³-hybridized carbons (Fsp3) is 0.929. The van der Waals surface area contributed by atoms with Gasteiger partial charge >= 0.3 is 0 Å². The Hall–Kier alpha value is -0.570. The molecular formula is C14H23NO2. The molecule has 3 atom stereocenters. The Morgan fingerprint density at radius 3 is 2.53 bits per heavy atom. The molecule has 96 valence electrons. The molecular weight excluding hydrogens is 214 g/mol. The van der Waals surface area contributed by atoms with Crippen LogP contribution >= 0.6 is 0 Å². The SMILES string of the molecule is CC1(C)CCC[C@]2(C)CC[C@@]3(O)C[C@@]12C(=O)N3. The summed E-state index contributed by atoms with van der Waals surface area (Å²) in [4.78, 5) is 12.6. The van der Waals surface area contributed by atoms with E-state index in [4.69, 9.17) is 0 Å². The van der Waals surface area contributed by atoms with E-state index in [2.05, 4.69) is 26.1 Å². The van der Waals surface area contributed by atoms with Crippen molar-refractivity contribution in [1.82, 2.24) is 5.32 Å². The van der Waals surface area contributed by atoms with Crippen molar-refractivity contribution in [1.29, 1.82) is 0 Å². The van der Waals surface area contributed by atoms with Crippen LogP contribution in [-0.4, -0.2) is 16.7 Å². The van der Waals surface area contributed by atoms with Gasteiger partial charge in [-0.2, -0.15) is 0 Å². The van der Waals surface area contributed by atoms with Crippen LogP contribution in [0.4, 0.5) is 0 Å². The lowest BCUT2D eigenvalue weighted by Crippen LogP contribution is -2.58. The lowest BCUT2D eigenvalue weighted by molar-refractivity contribution is -0.168. The summed E-state index contributed by atoms with van der Waals surface area (Å²) in [6.07, 6.45) is 5.71. The summed E-state index contributed by atoms with van der Waals surface area (Å²) in [5, 5.41) is 13.3. The molecule has 0 unspecified atom stereocenters. The summed E-state index contributed by atoms with van der Waals surface area (Å²) in [7, 11) is 0. The highest BCUT2D eigenvalue weighted by atomic mass is 16.3. The summed E-state index contributed by atoms with van der Waals surface area (Å²) in [6.45, 7) is 6.68. The first-order chi connectivity index (χ1) is 7.75. The van der Waals surface area contributed by atoms with Crippen LogP contribution < -0.4 is 5.32 Å². The number of hydrogen-bond donors (Lipinski definition) is 2. The third-order valence-corrected chi connectivity index (χ3v) is 6.10. The highest BCUT2D eigenvalue weighted by Crippen LogP contribution is 2.69. The van der Waals surface area contributed by atoms with E-state index in [1.165, 1.54) is 6.42 Å². The molecule has 0 aromatic rings. The molecule has 17 heavy (non-hydrogen) atoms. The maximum atomic E-state index is 12.6. The number of carbonyl (C=O) groups is 1. The van der Waals surface area contributed by atoms with Crippen LogP contribution in [0.25, 0.3) is 0 Å². The van der Waals surface area contributed by atoms with Crippen molar-refractivity contribution in [2.45, 2.75) is 65.0 Å². The molecule has 0 radical (unpaired) electrons. The molecule has 2 saturated carbocycles. The van der Waals surface area contributed by atoms with Gasteiger partial charge in [-0.3, -0.25) is 4.79 Å². The molecule has 3 nitrogen and oxygen atoms in total. The lowest BCUT2D eigenvalue weighted by Gasteiger charge is -2.59. The highest BCUT2D eigenvalue weighted by Gasteiger charge is 2.71. The predicted octanol–water partition coefficient (Wildman–Crippen LogP) is 2.19. The van der Waals surface area contributed by atoms with E-state index in [9.17, 15) is 9.90 Å². The van der Waals surface area contributed by atoms with Gasteiger partial charge in [0.15, 0.2) is 0 Å². The number of rotatable bonds is 0. The Bertz CT molecular complexity index is 392. The maximum absolute atomic E-state index is 12.6. The van der Waals surface area contributed by atoms with Gasteiger partial charge in [-0.15, -0.1) is 0 Å². The molecule has 0 aromatic carbocycles. The lowest BCUT2D eigenvalue weighted by atomic mass is 9.42. The molecule has 1 amide bonds. The molecule has 1 saturated heterocycles. The van der Waals surface area contributed by atoms with Crippen molar-refractivity contribution in [2.24, 2.45) is 16.2 Å². The minimum Gasteiger partial charge on any atom is -0.371 e. The van der Waals surface area contributed by atoms with Gasteiger partial charge in [-0.25, -0.2) is 0 Å². The average Bonchev–Trinajstić information content (AvgIpc) is 2.44. The number of hydrogen-bond acceptors (Lipinski definition) is 2. The average molecular weight is 237 g/mol. The van der Waals surface area contributed by atoms with Gasteiger partial charge in [0.25, 0.3) is 0 Å². The summed E-state index contributed by atoms with van der Waals surface area (Å²) in [5.74, 6) is 0.102. The molecule has 3 fully saturated rings. The van der Waals surface area contributed by atoms with E-state index in [1.807, 2.05) is 0 Å². The second kappa shape index (κ2) is 2.87. The summed E-state index contributed by atoms with van der Waals surface area (Å²) < 4.78 is 0. The van der Waals surface area contributed by atoms with Gasteiger partial charge in [0, 0.05) is 6.42 Å². The van der Waals surface area contributed by atoms with Crippen molar-refractivity contribution in [3.63, 3.8) is 0 Å².